The lowest BCUT2D eigenvalue weighted by atomic mass is 10.1. The van der Waals surface area contributed by atoms with Crippen LogP contribution in [0.25, 0.3) is 10.8 Å². The molecule has 3 rings (SSSR count). The normalized spacial score (nSPS) is 10.9. The maximum atomic E-state index is 4.55. The van der Waals surface area contributed by atoms with E-state index in [1.54, 1.807) is 11.8 Å². The summed E-state index contributed by atoms with van der Waals surface area (Å²) in [5.41, 5.74) is 0. The molecule has 3 aromatic rings. The second kappa shape index (κ2) is 5.94. The van der Waals surface area contributed by atoms with Crippen molar-refractivity contribution in [3.05, 3.63) is 59.0 Å². The summed E-state index contributed by atoms with van der Waals surface area (Å²) >= 11 is 5.11. The van der Waals surface area contributed by atoms with Gasteiger partial charge in [-0.3, -0.25) is 0 Å². The highest BCUT2D eigenvalue weighted by Crippen LogP contribution is 2.30. The van der Waals surface area contributed by atoms with Crippen molar-refractivity contribution < 1.29 is 0 Å². The number of nitrogens with zero attached hydrogens (tertiary/aromatic N) is 2. The van der Waals surface area contributed by atoms with Crippen molar-refractivity contribution in [1.82, 2.24) is 9.97 Å². The second-order valence-electron chi connectivity index (χ2n) is 4.41. The molecule has 0 aliphatic heterocycles. The van der Waals surface area contributed by atoms with E-state index in [-0.39, 0.29) is 0 Å². The molecule has 1 heterocycles. The van der Waals surface area contributed by atoms with Crippen molar-refractivity contribution in [2.75, 3.05) is 0 Å². The maximum absolute atomic E-state index is 4.55. The largest absolute Gasteiger partial charge is 0.226 e. The second-order valence-corrected chi connectivity index (χ2v) is 6.32. The molecule has 100 valence electrons. The Hall–Kier alpha value is -1.39. The summed E-state index contributed by atoms with van der Waals surface area (Å²) in [5, 5.41) is 3.48. The van der Waals surface area contributed by atoms with Gasteiger partial charge in [-0.1, -0.05) is 49.0 Å². The minimum Gasteiger partial charge on any atom is -0.226 e. The van der Waals surface area contributed by atoms with Crippen LogP contribution in [-0.2, 0) is 6.42 Å². The summed E-state index contributed by atoms with van der Waals surface area (Å²) in [6.45, 7) is 2.06. The molecule has 0 atom stereocenters. The zero-order chi connectivity index (χ0) is 13.9. The maximum Gasteiger partial charge on any atom is 0.130 e. The zero-order valence-corrected chi connectivity index (χ0v) is 13.4. The Bertz CT molecular complexity index is 758. The van der Waals surface area contributed by atoms with Gasteiger partial charge < -0.3 is 0 Å². The molecule has 0 N–H and O–H groups in total. The van der Waals surface area contributed by atoms with Crippen LogP contribution in [0.2, 0.25) is 0 Å². The number of fused-ring (bicyclic) bond motifs is 1. The van der Waals surface area contributed by atoms with Crippen LogP contribution in [0.4, 0.5) is 0 Å². The van der Waals surface area contributed by atoms with Crippen LogP contribution in [0, 0.1) is 0 Å². The first-order chi connectivity index (χ1) is 9.74. The summed E-state index contributed by atoms with van der Waals surface area (Å²) in [6.07, 6.45) is 0.838. The predicted molar refractivity (Wildman–Crippen MR) is 87.2 cm³/mol. The molecule has 0 unspecified atom stereocenters. The quantitative estimate of drug-likeness (QED) is 0.617. The van der Waals surface area contributed by atoms with Gasteiger partial charge in [0, 0.05) is 17.4 Å². The van der Waals surface area contributed by atoms with Crippen LogP contribution in [-0.4, -0.2) is 9.97 Å². The van der Waals surface area contributed by atoms with E-state index in [1.165, 1.54) is 15.7 Å². The van der Waals surface area contributed by atoms with Crippen LogP contribution in [0.15, 0.2) is 63.1 Å². The van der Waals surface area contributed by atoms with Crippen molar-refractivity contribution in [2.24, 2.45) is 0 Å². The Morgan fingerprint density at radius 3 is 2.60 bits per heavy atom. The van der Waals surface area contributed by atoms with Crippen LogP contribution < -0.4 is 0 Å². The molecule has 0 saturated heterocycles. The van der Waals surface area contributed by atoms with Gasteiger partial charge in [0.15, 0.2) is 0 Å². The molecule has 0 spiro atoms. The molecule has 0 saturated carbocycles. The fourth-order valence-electron chi connectivity index (χ4n) is 2.00. The Morgan fingerprint density at radius 1 is 1.00 bits per heavy atom. The zero-order valence-electron chi connectivity index (χ0n) is 11.0. The van der Waals surface area contributed by atoms with Gasteiger partial charge in [-0.05, 0) is 38.8 Å². The predicted octanol–water partition coefficient (Wildman–Crippen LogP) is 5.11. The Balaban J connectivity index is 1.94. The average Bonchev–Trinajstić information content (AvgIpc) is 2.46. The van der Waals surface area contributed by atoms with E-state index in [1.807, 2.05) is 6.07 Å². The standard InChI is InChI=1S/C16H13BrN2S/c1-2-15-18-14(17)10-16(19-15)20-13-8-7-11-5-3-4-6-12(11)9-13/h3-10H,2H2,1H3. The van der Waals surface area contributed by atoms with Gasteiger partial charge in [0.1, 0.15) is 15.5 Å². The molecule has 2 nitrogen and oxygen atoms in total. The molecule has 1 aromatic heterocycles. The molecule has 0 radical (unpaired) electrons. The lowest BCUT2D eigenvalue weighted by Crippen LogP contribution is -1.94. The minimum absolute atomic E-state index is 0.838. The lowest BCUT2D eigenvalue weighted by molar-refractivity contribution is 0.877. The van der Waals surface area contributed by atoms with Gasteiger partial charge in [0.25, 0.3) is 0 Å². The van der Waals surface area contributed by atoms with Crippen molar-refractivity contribution in [2.45, 2.75) is 23.3 Å². The number of aryl methyl sites for hydroxylation is 1. The number of hydrogen-bond donors (Lipinski definition) is 0. The van der Waals surface area contributed by atoms with Gasteiger partial charge in [-0.2, -0.15) is 0 Å². The van der Waals surface area contributed by atoms with E-state index in [0.717, 1.165) is 21.9 Å². The Morgan fingerprint density at radius 2 is 1.80 bits per heavy atom. The Labute approximate surface area is 130 Å². The summed E-state index contributed by atoms with van der Waals surface area (Å²) in [4.78, 5) is 10.1. The molecule has 0 bridgehead atoms. The molecule has 20 heavy (non-hydrogen) atoms. The van der Waals surface area contributed by atoms with Crippen molar-refractivity contribution in [3.63, 3.8) is 0 Å². The van der Waals surface area contributed by atoms with Crippen molar-refractivity contribution >= 4 is 38.5 Å². The Kier molecular flexibility index (Phi) is 4.03. The summed E-state index contributed by atoms with van der Waals surface area (Å²) in [6, 6.07) is 16.8. The topological polar surface area (TPSA) is 25.8 Å². The molecule has 0 aliphatic rings. The van der Waals surface area contributed by atoms with E-state index in [9.17, 15) is 0 Å². The first-order valence-corrected chi connectivity index (χ1v) is 8.05. The number of benzene rings is 2. The fourth-order valence-corrected chi connectivity index (χ4v) is 3.46. The van der Waals surface area contributed by atoms with Crippen LogP contribution in [0.1, 0.15) is 12.7 Å². The van der Waals surface area contributed by atoms with E-state index in [0.29, 0.717) is 0 Å². The van der Waals surface area contributed by atoms with Crippen LogP contribution in [0.5, 0.6) is 0 Å². The minimum atomic E-state index is 0.838. The van der Waals surface area contributed by atoms with Gasteiger partial charge >= 0.3 is 0 Å². The summed E-state index contributed by atoms with van der Waals surface area (Å²) < 4.78 is 0.840. The van der Waals surface area contributed by atoms with Crippen LogP contribution in [0.3, 0.4) is 0 Å². The fraction of sp³-hybridized carbons (Fsp3) is 0.125. The van der Waals surface area contributed by atoms with Gasteiger partial charge in [0.2, 0.25) is 0 Å². The van der Waals surface area contributed by atoms with Crippen molar-refractivity contribution in [3.8, 4) is 0 Å². The molecular formula is C16H13BrN2S. The third-order valence-corrected chi connectivity index (χ3v) is 4.29. The average molecular weight is 345 g/mol. The van der Waals surface area contributed by atoms with Gasteiger partial charge in [-0.15, -0.1) is 0 Å². The summed E-state index contributed by atoms with van der Waals surface area (Å²) in [7, 11) is 0. The summed E-state index contributed by atoms with van der Waals surface area (Å²) in [5.74, 6) is 0.864. The monoisotopic (exact) mass is 344 g/mol. The number of aromatic nitrogens is 2. The molecular weight excluding hydrogens is 332 g/mol. The smallest absolute Gasteiger partial charge is 0.130 e. The number of rotatable bonds is 3. The third kappa shape index (κ3) is 3.02. The van der Waals surface area contributed by atoms with E-state index in [2.05, 4.69) is 75.3 Å². The number of hydrogen-bond acceptors (Lipinski definition) is 3. The molecule has 0 amide bonds. The highest BCUT2D eigenvalue weighted by atomic mass is 79.9. The highest BCUT2D eigenvalue weighted by molar-refractivity contribution is 9.10. The molecule has 0 fully saturated rings. The first-order valence-electron chi connectivity index (χ1n) is 6.45. The first kappa shape index (κ1) is 13.6. The van der Waals surface area contributed by atoms with E-state index < -0.39 is 0 Å². The lowest BCUT2D eigenvalue weighted by Gasteiger charge is -2.05. The van der Waals surface area contributed by atoms with Crippen LogP contribution >= 0.6 is 27.7 Å². The molecule has 0 aliphatic carbocycles. The number of halogens is 1. The van der Waals surface area contributed by atoms with Gasteiger partial charge in [-0.25, -0.2) is 9.97 Å². The molecule has 2 aromatic carbocycles. The van der Waals surface area contributed by atoms with E-state index in [4.69, 9.17) is 0 Å². The third-order valence-electron chi connectivity index (χ3n) is 2.98. The highest BCUT2D eigenvalue weighted by Gasteiger charge is 2.04. The van der Waals surface area contributed by atoms with Crippen molar-refractivity contribution in [1.29, 1.82) is 0 Å². The molecule has 4 heteroatoms. The van der Waals surface area contributed by atoms with E-state index >= 15 is 0 Å². The van der Waals surface area contributed by atoms with Gasteiger partial charge in [0.05, 0.1) is 0 Å². The SMILES string of the molecule is CCc1nc(Br)cc(Sc2ccc3ccccc3c2)n1.